The van der Waals surface area contributed by atoms with Gasteiger partial charge in [-0.25, -0.2) is 0 Å². The van der Waals surface area contributed by atoms with Gasteiger partial charge < -0.3 is 10.4 Å². The van der Waals surface area contributed by atoms with Crippen LogP contribution in [0, 0.1) is 0 Å². The molecule has 96 valence electrons. The van der Waals surface area contributed by atoms with E-state index in [1.165, 1.54) is 0 Å². The Labute approximate surface area is 110 Å². The van der Waals surface area contributed by atoms with E-state index in [1.807, 2.05) is 0 Å². The van der Waals surface area contributed by atoms with Crippen molar-refractivity contribution in [1.82, 2.24) is 5.32 Å². The van der Waals surface area contributed by atoms with Crippen LogP contribution in [0.1, 0.15) is 30.7 Å². The molecule has 0 radical (unpaired) electrons. The summed E-state index contributed by atoms with van der Waals surface area (Å²) in [6, 6.07) is 6.87. The fourth-order valence-corrected chi connectivity index (χ4v) is 1.97. The lowest BCUT2D eigenvalue weighted by Crippen LogP contribution is -2.29. The van der Waals surface area contributed by atoms with Crippen molar-refractivity contribution in [2.24, 2.45) is 0 Å². The first-order chi connectivity index (χ1) is 8.56. The fourth-order valence-electron chi connectivity index (χ4n) is 1.77. The topological polar surface area (TPSA) is 66.4 Å². The summed E-state index contributed by atoms with van der Waals surface area (Å²) in [5, 5.41) is 12.5. The minimum Gasteiger partial charge on any atom is -0.481 e. The van der Waals surface area contributed by atoms with Crippen molar-refractivity contribution in [3.05, 3.63) is 34.9 Å². The summed E-state index contributed by atoms with van der Waals surface area (Å²) < 4.78 is 0. The number of carbonyl (C=O) groups is 2. The summed E-state index contributed by atoms with van der Waals surface area (Å²) in [6.45, 7) is 0. The van der Waals surface area contributed by atoms with Crippen molar-refractivity contribution in [2.75, 3.05) is 0 Å². The third-order valence-electron chi connectivity index (χ3n) is 2.88. The van der Waals surface area contributed by atoms with Crippen molar-refractivity contribution in [3.8, 4) is 0 Å². The molecular formula is C13H14ClNO3. The first-order valence-corrected chi connectivity index (χ1v) is 6.21. The van der Waals surface area contributed by atoms with Crippen LogP contribution >= 0.6 is 11.6 Å². The SMILES string of the molecule is O=C(CC(C(=O)O)c1cccc(Cl)c1)NC1CC1. The molecule has 1 aliphatic rings. The number of aliphatic carboxylic acids is 1. The van der Waals surface area contributed by atoms with E-state index >= 15 is 0 Å². The van der Waals surface area contributed by atoms with Crippen LogP contribution in [0.2, 0.25) is 5.02 Å². The molecule has 18 heavy (non-hydrogen) atoms. The highest BCUT2D eigenvalue weighted by Crippen LogP contribution is 2.24. The van der Waals surface area contributed by atoms with Crippen LogP contribution < -0.4 is 5.32 Å². The molecule has 0 saturated heterocycles. The zero-order valence-corrected chi connectivity index (χ0v) is 10.5. The number of carboxylic acid groups (broad SMARTS) is 1. The van der Waals surface area contributed by atoms with Gasteiger partial charge in [-0.15, -0.1) is 0 Å². The lowest BCUT2D eigenvalue weighted by molar-refractivity contribution is -0.140. The van der Waals surface area contributed by atoms with Gasteiger partial charge in [0.25, 0.3) is 0 Å². The average molecular weight is 268 g/mol. The van der Waals surface area contributed by atoms with Gasteiger partial charge >= 0.3 is 5.97 Å². The molecule has 1 amide bonds. The Bertz CT molecular complexity index is 471. The van der Waals surface area contributed by atoms with Gasteiger partial charge in [-0.1, -0.05) is 23.7 Å². The largest absolute Gasteiger partial charge is 0.481 e. The summed E-state index contributed by atoms with van der Waals surface area (Å²) in [5.41, 5.74) is 0.556. The number of amides is 1. The lowest BCUT2D eigenvalue weighted by Gasteiger charge is -2.12. The minimum atomic E-state index is -1.01. The summed E-state index contributed by atoms with van der Waals surface area (Å²) >= 11 is 5.83. The summed E-state index contributed by atoms with van der Waals surface area (Å²) in [7, 11) is 0. The summed E-state index contributed by atoms with van der Waals surface area (Å²) in [5.74, 6) is -2.07. The molecule has 1 aromatic carbocycles. The van der Waals surface area contributed by atoms with Gasteiger partial charge in [-0.3, -0.25) is 9.59 Å². The number of benzene rings is 1. The molecule has 2 N–H and O–H groups in total. The van der Waals surface area contributed by atoms with E-state index in [0.717, 1.165) is 12.8 Å². The molecule has 4 nitrogen and oxygen atoms in total. The second-order valence-corrected chi connectivity index (χ2v) is 4.93. The summed E-state index contributed by atoms with van der Waals surface area (Å²) in [4.78, 5) is 22.9. The van der Waals surface area contributed by atoms with E-state index < -0.39 is 11.9 Å². The van der Waals surface area contributed by atoms with E-state index in [2.05, 4.69) is 5.32 Å². The van der Waals surface area contributed by atoms with Crippen molar-refractivity contribution < 1.29 is 14.7 Å². The maximum absolute atomic E-state index is 11.7. The number of nitrogens with one attached hydrogen (secondary N) is 1. The van der Waals surface area contributed by atoms with Gasteiger partial charge in [0.15, 0.2) is 0 Å². The highest BCUT2D eigenvalue weighted by molar-refractivity contribution is 6.30. The van der Waals surface area contributed by atoms with E-state index in [1.54, 1.807) is 24.3 Å². The Balaban J connectivity index is 2.07. The average Bonchev–Trinajstić information content (AvgIpc) is 3.09. The zero-order valence-electron chi connectivity index (χ0n) is 9.73. The molecule has 1 saturated carbocycles. The van der Waals surface area contributed by atoms with Gasteiger partial charge in [-0.05, 0) is 30.5 Å². The minimum absolute atomic E-state index is 0.0494. The third-order valence-corrected chi connectivity index (χ3v) is 3.12. The van der Waals surface area contributed by atoms with Gasteiger partial charge in [0.1, 0.15) is 0 Å². The molecule has 0 spiro atoms. The van der Waals surface area contributed by atoms with Crippen molar-refractivity contribution in [3.63, 3.8) is 0 Å². The molecule has 1 fully saturated rings. The summed E-state index contributed by atoms with van der Waals surface area (Å²) in [6.07, 6.45) is 1.92. The molecule has 0 bridgehead atoms. The van der Waals surface area contributed by atoms with Gasteiger partial charge in [0.05, 0.1) is 5.92 Å². The van der Waals surface area contributed by atoms with Crippen LogP contribution in [-0.2, 0) is 9.59 Å². The van der Waals surface area contributed by atoms with Gasteiger partial charge in [-0.2, -0.15) is 0 Å². The van der Waals surface area contributed by atoms with Crippen LogP contribution in [0.3, 0.4) is 0 Å². The first kappa shape index (κ1) is 12.9. The Morgan fingerprint density at radius 2 is 2.17 bits per heavy atom. The van der Waals surface area contributed by atoms with Crippen LogP contribution in [0.5, 0.6) is 0 Å². The number of hydrogen-bond acceptors (Lipinski definition) is 2. The fraction of sp³-hybridized carbons (Fsp3) is 0.385. The Hall–Kier alpha value is -1.55. The Morgan fingerprint density at radius 3 is 2.72 bits per heavy atom. The number of carboxylic acids is 1. The number of halogens is 1. The van der Waals surface area contributed by atoms with Crippen molar-refractivity contribution >= 4 is 23.5 Å². The quantitative estimate of drug-likeness (QED) is 0.859. The molecule has 0 aromatic heterocycles. The van der Waals surface area contributed by atoms with Crippen molar-refractivity contribution in [2.45, 2.75) is 31.2 Å². The van der Waals surface area contributed by atoms with Crippen LogP contribution in [-0.4, -0.2) is 23.0 Å². The van der Waals surface area contributed by atoms with Crippen molar-refractivity contribution in [1.29, 1.82) is 0 Å². The molecule has 1 aromatic rings. The Morgan fingerprint density at radius 1 is 1.44 bits per heavy atom. The zero-order chi connectivity index (χ0) is 13.1. The molecule has 0 aliphatic heterocycles. The van der Waals surface area contributed by atoms with Crippen LogP contribution in [0.4, 0.5) is 0 Å². The van der Waals surface area contributed by atoms with Gasteiger partial charge in [0.2, 0.25) is 5.91 Å². The molecular weight excluding hydrogens is 254 g/mol. The highest BCUT2D eigenvalue weighted by atomic mass is 35.5. The van der Waals surface area contributed by atoms with Crippen LogP contribution in [0.25, 0.3) is 0 Å². The molecule has 1 unspecified atom stereocenters. The second-order valence-electron chi connectivity index (χ2n) is 4.49. The van der Waals surface area contributed by atoms with E-state index in [-0.39, 0.29) is 18.4 Å². The van der Waals surface area contributed by atoms with Gasteiger partial charge in [0, 0.05) is 17.5 Å². The van der Waals surface area contributed by atoms with E-state index in [9.17, 15) is 14.7 Å². The normalized spacial score (nSPS) is 16.1. The Kier molecular flexibility index (Phi) is 3.87. The number of carbonyl (C=O) groups excluding carboxylic acids is 1. The predicted molar refractivity (Wildman–Crippen MR) is 67.6 cm³/mol. The second kappa shape index (κ2) is 5.40. The monoisotopic (exact) mass is 267 g/mol. The molecule has 0 heterocycles. The molecule has 5 heteroatoms. The molecule has 1 atom stereocenters. The third kappa shape index (κ3) is 3.47. The lowest BCUT2D eigenvalue weighted by atomic mass is 9.95. The number of hydrogen-bond donors (Lipinski definition) is 2. The molecule has 2 rings (SSSR count). The molecule has 1 aliphatic carbocycles. The van der Waals surface area contributed by atoms with Crippen LogP contribution in [0.15, 0.2) is 24.3 Å². The predicted octanol–water partition coefficient (Wildman–Crippen LogP) is 2.18. The standard InChI is InChI=1S/C13H14ClNO3/c14-9-3-1-2-8(6-9)11(13(17)18)7-12(16)15-10-4-5-10/h1-3,6,10-11H,4-5,7H2,(H,15,16)(H,17,18). The number of rotatable bonds is 5. The maximum atomic E-state index is 11.7. The van der Waals surface area contributed by atoms with E-state index in [4.69, 9.17) is 11.6 Å². The smallest absolute Gasteiger partial charge is 0.311 e. The highest BCUT2D eigenvalue weighted by Gasteiger charge is 2.27. The maximum Gasteiger partial charge on any atom is 0.311 e. The first-order valence-electron chi connectivity index (χ1n) is 5.84. The van der Waals surface area contributed by atoms with E-state index in [0.29, 0.717) is 10.6 Å².